The fourth-order valence-corrected chi connectivity index (χ4v) is 1.69. The van der Waals surface area contributed by atoms with Crippen LogP contribution in [0, 0.1) is 12.7 Å². The average molecular weight is 253 g/mol. The second-order valence-corrected chi connectivity index (χ2v) is 4.12. The Morgan fingerprint density at radius 3 is 2.71 bits per heavy atom. The summed E-state index contributed by atoms with van der Waals surface area (Å²) >= 11 is 5.80. The Bertz CT molecular complexity index is 564. The monoisotopic (exact) mass is 252 g/mol. The quantitative estimate of drug-likeness (QED) is 0.820. The number of hydrogen-bond donors (Lipinski definition) is 2. The number of nitrogen functional groups attached to an aromatic ring is 1. The van der Waals surface area contributed by atoms with Crippen LogP contribution < -0.4 is 5.73 Å². The van der Waals surface area contributed by atoms with Crippen LogP contribution in [0.2, 0.25) is 5.02 Å². The van der Waals surface area contributed by atoms with E-state index in [9.17, 15) is 9.50 Å². The molecule has 0 amide bonds. The van der Waals surface area contributed by atoms with Crippen molar-refractivity contribution in [3.63, 3.8) is 0 Å². The maximum absolute atomic E-state index is 13.6. The lowest BCUT2D eigenvalue weighted by Gasteiger charge is -2.08. The summed E-state index contributed by atoms with van der Waals surface area (Å²) in [5.74, 6) is -0.554. The second kappa shape index (κ2) is 4.22. The van der Waals surface area contributed by atoms with Crippen LogP contribution in [-0.4, -0.2) is 10.1 Å². The molecule has 0 bridgehead atoms. The summed E-state index contributed by atoms with van der Waals surface area (Å²) in [5, 5.41) is 9.90. The number of aromatic nitrogens is 1. The number of benzene rings is 1. The standard InChI is InChI=1S/C12H10ClFN2O/c1-6-4-10(16-12(15)11(6)17)8-5-7(13)2-3-9(8)14/h2-5,17H,1H3,(H2,15,16). The number of nitrogens with two attached hydrogens (primary N) is 1. The number of pyridine rings is 1. The summed E-state index contributed by atoms with van der Waals surface area (Å²) in [6.07, 6.45) is 0. The Morgan fingerprint density at radius 2 is 2.06 bits per heavy atom. The Balaban J connectivity index is 2.64. The zero-order valence-electron chi connectivity index (χ0n) is 9.04. The molecule has 0 fully saturated rings. The predicted molar refractivity (Wildman–Crippen MR) is 65.5 cm³/mol. The average Bonchev–Trinajstić information content (AvgIpc) is 2.28. The Hall–Kier alpha value is -1.81. The van der Waals surface area contributed by atoms with Gasteiger partial charge in [0, 0.05) is 10.6 Å². The van der Waals surface area contributed by atoms with Gasteiger partial charge in [-0.25, -0.2) is 9.37 Å². The second-order valence-electron chi connectivity index (χ2n) is 3.68. The van der Waals surface area contributed by atoms with Crippen molar-refractivity contribution in [3.05, 3.63) is 40.7 Å². The van der Waals surface area contributed by atoms with Crippen LogP contribution in [-0.2, 0) is 0 Å². The van der Waals surface area contributed by atoms with Crippen LogP contribution in [0.25, 0.3) is 11.3 Å². The largest absolute Gasteiger partial charge is 0.504 e. The number of hydrogen-bond acceptors (Lipinski definition) is 3. The fourth-order valence-electron chi connectivity index (χ4n) is 1.52. The molecule has 1 aromatic carbocycles. The predicted octanol–water partition coefficient (Wildman–Crippen LogP) is 3.14. The molecule has 5 heteroatoms. The molecule has 0 saturated heterocycles. The van der Waals surface area contributed by atoms with E-state index in [0.29, 0.717) is 16.3 Å². The summed E-state index contributed by atoms with van der Waals surface area (Å²) in [6.45, 7) is 1.67. The van der Waals surface area contributed by atoms with Crippen molar-refractivity contribution in [1.29, 1.82) is 0 Å². The SMILES string of the molecule is Cc1cc(-c2cc(Cl)ccc2F)nc(N)c1O. The van der Waals surface area contributed by atoms with Crippen molar-refractivity contribution in [2.24, 2.45) is 0 Å². The highest BCUT2D eigenvalue weighted by Crippen LogP contribution is 2.30. The molecule has 17 heavy (non-hydrogen) atoms. The van der Waals surface area contributed by atoms with Crippen molar-refractivity contribution in [3.8, 4) is 17.0 Å². The molecule has 0 radical (unpaired) electrons. The number of aromatic hydroxyl groups is 1. The molecule has 3 N–H and O–H groups in total. The zero-order chi connectivity index (χ0) is 12.6. The van der Waals surface area contributed by atoms with E-state index in [1.807, 2.05) is 0 Å². The maximum Gasteiger partial charge on any atom is 0.166 e. The first kappa shape index (κ1) is 11.7. The molecule has 2 aromatic rings. The van der Waals surface area contributed by atoms with Crippen LogP contribution >= 0.6 is 11.6 Å². The lowest BCUT2D eigenvalue weighted by atomic mass is 10.1. The minimum Gasteiger partial charge on any atom is -0.504 e. The van der Waals surface area contributed by atoms with Gasteiger partial charge in [-0.05, 0) is 36.8 Å². The molecule has 0 atom stereocenters. The minimum atomic E-state index is -0.439. The Labute approximate surface area is 103 Å². The van der Waals surface area contributed by atoms with E-state index in [1.54, 1.807) is 13.0 Å². The lowest BCUT2D eigenvalue weighted by Crippen LogP contribution is -1.96. The van der Waals surface area contributed by atoms with Gasteiger partial charge in [0.1, 0.15) is 5.82 Å². The molecule has 0 unspecified atom stereocenters. The Morgan fingerprint density at radius 1 is 1.35 bits per heavy atom. The molecular formula is C12H10ClFN2O. The first-order valence-electron chi connectivity index (χ1n) is 4.90. The van der Waals surface area contributed by atoms with E-state index in [0.717, 1.165) is 0 Å². The third-order valence-corrected chi connectivity index (χ3v) is 2.65. The highest BCUT2D eigenvalue weighted by Gasteiger charge is 2.11. The molecule has 88 valence electrons. The van der Waals surface area contributed by atoms with E-state index < -0.39 is 5.82 Å². The maximum atomic E-state index is 13.6. The van der Waals surface area contributed by atoms with Gasteiger partial charge in [-0.15, -0.1) is 0 Å². The number of nitrogens with zero attached hydrogens (tertiary/aromatic N) is 1. The molecule has 0 spiro atoms. The molecule has 1 heterocycles. The van der Waals surface area contributed by atoms with Crippen molar-refractivity contribution >= 4 is 17.4 Å². The van der Waals surface area contributed by atoms with Crippen molar-refractivity contribution in [1.82, 2.24) is 4.98 Å². The van der Waals surface area contributed by atoms with Crippen molar-refractivity contribution in [2.75, 3.05) is 5.73 Å². The zero-order valence-corrected chi connectivity index (χ0v) is 9.79. The molecular weight excluding hydrogens is 243 g/mol. The van der Waals surface area contributed by atoms with E-state index in [-0.39, 0.29) is 17.1 Å². The number of aryl methyl sites for hydroxylation is 1. The summed E-state index contributed by atoms with van der Waals surface area (Å²) in [4.78, 5) is 3.93. The summed E-state index contributed by atoms with van der Waals surface area (Å²) in [7, 11) is 0. The van der Waals surface area contributed by atoms with Crippen LogP contribution in [0.3, 0.4) is 0 Å². The molecule has 0 aliphatic rings. The first-order chi connectivity index (χ1) is 7.99. The van der Waals surface area contributed by atoms with E-state index in [2.05, 4.69) is 4.98 Å². The summed E-state index contributed by atoms with van der Waals surface area (Å²) in [5.41, 5.74) is 6.67. The van der Waals surface area contributed by atoms with Gasteiger partial charge in [0.2, 0.25) is 0 Å². The molecule has 0 saturated carbocycles. The van der Waals surface area contributed by atoms with Crippen LogP contribution in [0.4, 0.5) is 10.2 Å². The van der Waals surface area contributed by atoms with E-state index >= 15 is 0 Å². The highest BCUT2D eigenvalue weighted by molar-refractivity contribution is 6.30. The molecule has 1 aromatic heterocycles. The van der Waals surface area contributed by atoms with Crippen molar-refractivity contribution in [2.45, 2.75) is 6.92 Å². The van der Waals surface area contributed by atoms with Gasteiger partial charge in [0.05, 0.1) is 5.69 Å². The number of anilines is 1. The number of rotatable bonds is 1. The van der Waals surface area contributed by atoms with Crippen LogP contribution in [0.1, 0.15) is 5.56 Å². The van der Waals surface area contributed by atoms with Crippen LogP contribution in [0.5, 0.6) is 5.75 Å². The highest BCUT2D eigenvalue weighted by atomic mass is 35.5. The van der Waals surface area contributed by atoms with Crippen LogP contribution in [0.15, 0.2) is 24.3 Å². The van der Waals surface area contributed by atoms with E-state index in [4.69, 9.17) is 17.3 Å². The smallest absolute Gasteiger partial charge is 0.166 e. The Kier molecular flexibility index (Phi) is 2.90. The topological polar surface area (TPSA) is 59.1 Å². The molecule has 0 aliphatic carbocycles. The number of halogens is 2. The third-order valence-electron chi connectivity index (χ3n) is 2.41. The fraction of sp³-hybridized carbons (Fsp3) is 0.0833. The van der Waals surface area contributed by atoms with Gasteiger partial charge < -0.3 is 10.8 Å². The minimum absolute atomic E-state index is 0.0284. The van der Waals surface area contributed by atoms with Gasteiger partial charge in [-0.2, -0.15) is 0 Å². The normalized spacial score (nSPS) is 10.5. The third kappa shape index (κ3) is 2.17. The van der Waals surface area contributed by atoms with Gasteiger partial charge in [0.25, 0.3) is 0 Å². The van der Waals surface area contributed by atoms with Crippen molar-refractivity contribution < 1.29 is 9.50 Å². The lowest BCUT2D eigenvalue weighted by molar-refractivity contribution is 0.471. The van der Waals surface area contributed by atoms with Gasteiger partial charge in [-0.3, -0.25) is 0 Å². The molecule has 2 rings (SSSR count). The molecule has 0 aliphatic heterocycles. The summed E-state index contributed by atoms with van der Waals surface area (Å²) in [6, 6.07) is 5.74. The summed E-state index contributed by atoms with van der Waals surface area (Å²) < 4.78 is 13.6. The van der Waals surface area contributed by atoms with Gasteiger partial charge in [0.15, 0.2) is 11.6 Å². The van der Waals surface area contributed by atoms with Gasteiger partial charge in [-0.1, -0.05) is 11.6 Å². The first-order valence-corrected chi connectivity index (χ1v) is 5.28. The molecule has 3 nitrogen and oxygen atoms in total. The van der Waals surface area contributed by atoms with Gasteiger partial charge >= 0.3 is 0 Å². The van der Waals surface area contributed by atoms with E-state index in [1.165, 1.54) is 18.2 Å².